The van der Waals surface area contributed by atoms with Crippen LogP contribution in [0.25, 0.3) is 10.8 Å². The molecule has 6 N–H and O–H groups in total. The number of hydrogen-bond acceptors (Lipinski definition) is 12. The van der Waals surface area contributed by atoms with Crippen LogP contribution >= 0.6 is 0 Å². The third-order valence-electron chi connectivity index (χ3n) is 5.27. The SMILES string of the molecule is Nc1ccc2c(O)c(N=Nc3ccccc3S(=O)(=O)O)c(S(=O)(=O)O)c(N=Nc3ccc(S(=O)(=O)O)cc3)c2c1. The first-order valence-corrected chi connectivity index (χ1v) is 14.9. The van der Waals surface area contributed by atoms with Gasteiger partial charge in [-0.05, 0) is 54.6 Å². The highest BCUT2D eigenvalue weighted by molar-refractivity contribution is 7.86. The Labute approximate surface area is 226 Å². The lowest BCUT2D eigenvalue weighted by Crippen LogP contribution is -2.01. The Morgan fingerprint density at radius 1 is 0.625 bits per heavy atom. The molecule has 0 unspecified atom stereocenters. The zero-order valence-electron chi connectivity index (χ0n) is 19.7. The molecule has 0 saturated carbocycles. The maximum Gasteiger partial charge on any atom is 0.299 e. The second kappa shape index (κ2) is 10.3. The fourth-order valence-corrected chi connectivity index (χ4v) is 5.41. The summed E-state index contributed by atoms with van der Waals surface area (Å²) in [6, 6.07) is 12.9. The van der Waals surface area contributed by atoms with Gasteiger partial charge in [-0.1, -0.05) is 12.1 Å². The van der Waals surface area contributed by atoms with Gasteiger partial charge in [0, 0.05) is 16.5 Å². The fourth-order valence-electron chi connectivity index (χ4n) is 3.52. The molecule has 40 heavy (non-hydrogen) atoms. The lowest BCUT2D eigenvalue weighted by Gasteiger charge is -2.13. The first-order chi connectivity index (χ1) is 18.6. The van der Waals surface area contributed by atoms with E-state index in [0.717, 1.165) is 36.4 Å². The van der Waals surface area contributed by atoms with Crippen molar-refractivity contribution in [1.82, 2.24) is 0 Å². The number of rotatable bonds is 7. The first kappa shape index (κ1) is 28.7. The monoisotopic (exact) mass is 607 g/mol. The predicted molar refractivity (Wildman–Crippen MR) is 141 cm³/mol. The van der Waals surface area contributed by atoms with Gasteiger partial charge in [-0.25, -0.2) is 0 Å². The lowest BCUT2D eigenvalue weighted by molar-refractivity contribution is 0.472. The molecule has 18 heteroatoms. The maximum atomic E-state index is 12.5. The number of phenols is 1. The number of benzene rings is 4. The molecule has 0 saturated heterocycles. The molecule has 0 radical (unpaired) electrons. The minimum atomic E-state index is -5.25. The smallest absolute Gasteiger partial charge is 0.299 e. The van der Waals surface area contributed by atoms with Crippen molar-refractivity contribution in [2.75, 3.05) is 5.73 Å². The third kappa shape index (κ3) is 5.96. The number of hydrogen-bond donors (Lipinski definition) is 5. The molecule has 4 aromatic rings. The van der Waals surface area contributed by atoms with Crippen molar-refractivity contribution in [3.63, 3.8) is 0 Å². The predicted octanol–water partition coefficient (Wildman–Crippen LogP) is 4.70. The Balaban J connectivity index is 2.00. The molecule has 0 aliphatic rings. The van der Waals surface area contributed by atoms with Gasteiger partial charge in [0.1, 0.15) is 16.3 Å². The van der Waals surface area contributed by atoms with E-state index in [9.17, 15) is 39.5 Å². The number of azo groups is 2. The van der Waals surface area contributed by atoms with Gasteiger partial charge in [-0.2, -0.15) is 30.4 Å². The Hall–Kier alpha value is -4.33. The van der Waals surface area contributed by atoms with Crippen molar-refractivity contribution in [1.29, 1.82) is 0 Å². The summed E-state index contributed by atoms with van der Waals surface area (Å²) in [7, 11) is -14.5. The molecule has 0 aliphatic carbocycles. The molecule has 0 aromatic heterocycles. The Morgan fingerprint density at radius 3 is 1.85 bits per heavy atom. The molecule has 15 nitrogen and oxygen atoms in total. The summed E-state index contributed by atoms with van der Waals surface area (Å²) in [4.78, 5) is -2.19. The molecule has 0 aliphatic heterocycles. The van der Waals surface area contributed by atoms with E-state index >= 15 is 0 Å². The number of nitrogens with two attached hydrogens (primary N) is 1. The van der Waals surface area contributed by atoms with E-state index in [2.05, 4.69) is 20.5 Å². The molecule has 0 fully saturated rings. The third-order valence-corrected chi connectivity index (χ3v) is 7.94. The highest BCUT2D eigenvalue weighted by Crippen LogP contribution is 2.49. The van der Waals surface area contributed by atoms with Crippen LogP contribution in [0.5, 0.6) is 5.75 Å². The summed E-state index contributed by atoms with van der Waals surface area (Å²) >= 11 is 0. The summed E-state index contributed by atoms with van der Waals surface area (Å²) < 4.78 is 99.7. The summed E-state index contributed by atoms with van der Waals surface area (Å²) in [6.45, 7) is 0. The average molecular weight is 608 g/mol. The van der Waals surface area contributed by atoms with E-state index in [1.54, 1.807) is 0 Å². The molecule has 0 amide bonds. The molecular formula is C22H17N5O10S3. The number of fused-ring (bicyclic) bond motifs is 1. The second-order valence-corrected chi connectivity index (χ2v) is 12.1. The molecule has 0 spiro atoms. The van der Waals surface area contributed by atoms with E-state index in [4.69, 9.17) is 10.3 Å². The van der Waals surface area contributed by atoms with Crippen LogP contribution in [0.4, 0.5) is 28.4 Å². The maximum absolute atomic E-state index is 12.5. The Bertz CT molecular complexity index is 2040. The highest BCUT2D eigenvalue weighted by Gasteiger charge is 2.29. The van der Waals surface area contributed by atoms with E-state index in [1.165, 1.54) is 30.3 Å². The summed E-state index contributed by atoms with van der Waals surface area (Å²) in [5, 5.41) is 25.8. The molecule has 0 atom stereocenters. The quantitative estimate of drug-likeness (QED) is 0.109. The van der Waals surface area contributed by atoms with E-state index in [1.807, 2.05) is 0 Å². The first-order valence-electron chi connectivity index (χ1n) is 10.6. The van der Waals surface area contributed by atoms with Gasteiger partial charge in [0.2, 0.25) is 0 Å². The van der Waals surface area contributed by atoms with Crippen molar-refractivity contribution < 1.29 is 44.0 Å². The fraction of sp³-hybridized carbons (Fsp3) is 0. The van der Waals surface area contributed by atoms with Crippen LogP contribution in [0.2, 0.25) is 0 Å². The van der Waals surface area contributed by atoms with Crippen LogP contribution in [0, 0.1) is 0 Å². The lowest BCUT2D eigenvalue weighted by atomic mass is 10.1. The van der Waals surface area contributed by atoms with Gasteiger partial charge >= 0.3 is 0 Å². The minimum absolute atomic E-state index is 0.0101. The average Bonchev–Trinajstić information content (AvgIpc) is 2.86. The number of phenolic OH excluding ortho intramolecular Hbond substituents is 1. The van der Waals surface area contributed by atoms with Crippen LogP contribution in [-0.2, 0) is 30.4 Å². The van der Waals surface area contributed by atoms with Gasteiger partial charge < -0.3 is 10.8 Å². The van der Waals surface area contributed by atoms with E-state index in [0.29, 0.717) is 0 Å². The Kier molecular flexibility index (Phi) is 7.41. The van der Waals surface area contributed by atoms with Crippen molar-refractivity contribution in [2.45, 2.75) is 14.7 Å². The zero-order valence-corrected chi connectivity index (χ0v) is 22.1. The Morgan fingerprint density at radius 2 is 1.25 bits per heavy atom. The second-order valence-electron chi connectivity index (χ2n) is 7.97. The van der Waals surface area contributed by atoms with Crippen LogP contribution < -0.4 is 5.73 Å². The minimum Gasteiger partial charge on any atom is -0.505 e. The van der Waals surface area contributed by atoms with Gasteiger partial charge in [0.25, 0.3) is 30.4 Å². The van der Waals surface area contributed by atoms with Crippen molar-refractivity contribution in [2.24, 2.45) is 20.5 Å². The molecule has 0 heterocycles. The number of aromatic hydroxyl groups is 1. The normalized spacial score (nSPS) is 13.0. The van der Waals surface area contributed by atoms with Crippen molar-refractivity contribution in [3.8, 4) is 5.75 Å². The summed E-state index contributed by atoms with van der Waals surface area (Å²) in [5.41, 5.74) is 4.10. The molecular weight excluding hydrogens is 590 g/mol. The summed E-state index contributed by atoms with van der Waals surface area (Å²) in [5.74, 6) is -0.799. The standard InChI is InChI=1S/C22H17N5O10S3/c23-12-5-10-15-16(11-12)19(26-24-13-6-8-14(9-7-13)38(29,30)31)22(40(35,36)37)20(21(15)28)27-25-17-3-1-2-4-18(17)39(32,33)34/h1-11,28H,23H2,(H,29,30,31)(H,32,33,34)(H,35,36,37). The number of nitrogens with zero attached hydrogens (tertiary/aromatic N) is 4. The number of nitrogen functional groups attached to an aromatic ring is 1. The van der Waals surface area contributed by atoms with Gasteiger partial charge in [0.05, 0.1) is 10.6 Å². The zero-order chi connectivity index (χ0) is 29.5. The molecule has 4 aromatic carbocycles. The molecule has 4 rings (SSSR count). The van der Waals surface area contributed by atoms with Crippen LogP contribution in [-0.4, -0.2) is 44.0 Å². The van der Waals surface area contributed by atoms with Crippen LogP contribution in [0.3, 0.4) is 0 Å². The van der Waals surface area contributed by atoms with Gasteiger partial charge in [-0.15, -0.1) is 15.3 Å². The van der Waals surface area contributed by atoms with Crippen LogP contribution in [0.15, 0.2) is 102 Å². The topological polar surface area (TPSA) is 259 Å². The summed E-state index contributed by atoms with van der Waals surface area (Å²) in [6.07, 6.45) is 0. The van der Waals surface area contributed by atoms with E-state index < -0.39 is 67.9 Å². The molecule has 0 bridgehead atoms. The van der Waals surface area contributed by atoms with Gasteiger partial charge in [-0.3, -0.25) is 13.7 Å². The van der Waals surface area contributed by atoms with Crippen molar-refractivity contribution in [3.05, 3.63) is 66.7 Å². The van der Waals surface area contributed by atoms with Crippen molar-refractivity contribution >= 4 is 69.6 Å². The highest BCUT2D eigenvalue weighted by atomic mass is 32.2. The number of anilines is 1. The van der Waals surface area contributed by atoms with Gasteiger partial charge in [0.15, 0.2) is 16.3 Å². The molecule has 208 valence electrons. The largest absolute Gasteiger partial charge is 0.505 e. The van der Waals surface area contributed by atoms with Crippen LogP contribution in [0.1, 0.15) is 0 Å². The van der Waals surface area contributed by atoms with E-state index in [-0.39, 0.29) is 22.1 Å².